The number of benzene rings is 3. The maximum atomic E-state index is 14.2. The van der Waals surface area contributed by atoms with Gasteiger partial charge in [-0.3, -0.25) is 14.5 Å². The molecule has 2 aliphatic rings. The number of halogens is 1. The molecule has 36 heavy (non-hydrogen) atoms. The summed E-state index contributed by atoms with van der Waals surface area (Å²) in [5.74, 6) is -0.644. The van der Waals surface area contributed by atoms with Crippen LogP contribution in [0.25, 0.3) is 6.08 Å². The molecule has 0 bridgehead atoms. The highest BCUT2D eigenvalue weighted by molar-refractivity contribution is 6.12. The van der Waals surface area contributed by atoms with Gasteiger partial charge in [0.25, 0.3) is 5.91 Å². The van der Waals surface area contributed by atoms with E-state index in [0.29, 0.717) is 31.1 Å². The first-order valence-corrected chi connectivity index (χ1v) is 12.1. The van der Waals surface area contributed by atoms with Gasteiger partial charge in [0.1, 0.15) is 12.4 Å². The summed E-state index contributed by atoms with van der Waals surface area (Å²) >= 11 is 0. The van der Waals surface area contributed by atoms with Gasteiger partial charge < -0.3 is 14.5 Å². The van der Waals surface area contributed by atoms with Crippen molar-refractivity contribution in [3.63, 3.8) is 0 Å². The van der Waals surface area contributed by atoms with Crippen LogP contribution in [-0.4, -0.2) is 48.9 Å². The van der Waals surface area contributed by atoms with E-state index in [4.69, 9.17) is 4.74 Å². The monoisotopic (exact) mass is 485 g/mol. The summed E-state index contributed by atoms with van der Waals surface area (Å²) in [5.41, 5.74) is 3.11. The Morgan fingerprint density at radius 3 is 2.50 bits per heavy atom. The third-order valence-corrected chi connectivity index (χ3v) is 6.66. The van der Waals surface area contributed by atoms with Crippen LogP contribution in [0.2, 0.25) is 0 Å². The van der Waals surface area contributed by atoms with Gasteiger partial charge in [-0.1, -0.05) is 48.0 Å². The topological polar surface area (TPSA) is 53.1 Å². The van der Waals surface area contributed by atoms with Crippen LogP contribution >= 0.6 is 0 Å². The Morgan fingerprint density at radius 2 is 1.75 bits per heavy atom. The number of piperazine rings is 1. The summed E-state index contributed by atoms with van der Waals surface area (Å²) in [6, 6.07) is 21.8. The minimum Gasteiger partial charge on any atom is -0.449 e. The van der Waals surface area contributed by atoms with E-state index < -0.39 is 11.7 Å². The van der Waals surface area contributed by atoms with Gasteiger partial charge in [0, 0.05) is 36.9 Å². The number of carbonyl (C=O) groups excluding carboxylic acids is 2. The van der Waals surface area contributed by atoms with Crippen molar-refractivity contribution < 1.29 is 18.7 Å². The largest absolute Gasteiger partial charge is 0.449 e. The molecule has 184 valence electrons. The average molecular weight is 486 g/mol. The molecule has 1 fully saturated rings. The van der Waals surface area contributed by atoms with E-state index in [0.717, 1.165) is 5.69 Å². The normalized spacial score (nSPS) is 18.8. The molecule has 3 aromatic rings. The van der Waals surface area contributed by atoms with Crippen molar-refractivity contribution in [1.29, 1.82) is 0 Å². The van der Waals surface area contributed by atoms with E-state index >= 15 is 0 Å². The van der Waals surface area contributed by atoms with E-state index in [1.54, 1.807) is 47.4 Å². The quantitative estimate of drug-likeness (QED) is 0.506. The lowest BCUT2D eigenvalue weighted by molar-refractivity contribution is -0.132. The Kier molecular flexibility index (Phi) is 6.46. The molecule has 0 spiro atoms. The van der Waals surface area contributed by atoms with Crippen molar-refractivity contribution in [1.82, 2.24) is 4.90 Å². The molecule has 0 aromatic heterocycles. The zero-order chi connectivity index (χ0) is 25.2. The minimum atomic E-state index is -0.475. The van der Waals surface area contributed by atoms with Crippen LogP contribution in [0.1, 0.15) is 18.1 Å². The predicted octanol–water partition coefficient (Wildman–Crippen LogP) is 4.64. The molecule has 7 heteroatoms. The number of rotatable bonds is 4. The fourth-order valence-electron chi connectivity index (χ4n) is 4.69. The van der Waals surface area contributed by atoms with Crippen molar-refractivity contribution >= 4 is 29.3 Å². The van der Waals surface area contributed by atoms with Gasteiger partial charge >= 0.3 is 0 Å². The molecular weight excluding hydrogens is 457 g/mol. The van der Waals surface area contributed by atoms with Crippen molar-refractivity contribution in [2.45, 2.75) is 19.9 Å². The van der Waals surface area contributed by atoms with Gasteiger partial charge in [-0.05, 0) is 50.3 Å². The van der Waals surface area contributed by atoms with Crippen LogP contribution in [0.5, 0.6) is 5.75 Å². The second-order valence-electron chi connectivity index (χ2n) is 9.21. The number of nitrogens with zero attached hydrogens (tertiary/aromatic N) is 3. The minimum absolute atomic E-state index is 0.0239. The highest BCUT2D eigenvalue weighted by Crippen LogP contribution is 2.36. The second kappa shape index (κ2) is 9.85. The first kappa shape index (κ1) is 23.6. The highest BCUT2D eigenvalue weighted by Gasteiger charge is 2.34. The van der Waals surface area contributed by atoms with E-state index in [2.05, 4.69) is 43.0 Å². The van der Waals surface area contributed by atoms with Crippen molar-refractivity contribution in [3.05, 3.63) is 95.5 Å². The number of hydrogen-bond donors (Lipinski definition) is 0. The third-order valence-electron chi connectivity index (χ3n) is 6.66. The zero-order valence-electron chi connectivity index (χ0n) is 20.4. The summed E-state index contributed by atoms with van der Waals surface area (Å²) in [6.45, 7) is 5.88. The molecule has 1 saturated heterocycles. The molecule has 5 rings (SSSR count). The molecule has 0 radical (unpaired) electrons. The van der Waals surface area contributed by atoms with Crippen LogP contribution in [0, 0.1) is 12.7 Å². The molecule has 2 amide bonds. The lowest BCUT2D eigenvalue weighted by Gasteiger charge is -2.42. The third kappa shape index (κ3) is 4.69. The number of amides is 2. The Balaban J connectivity index is 1.34. The standard InChI is InChI=1S/C29H28FN3O3/c1-20-11-13-23(14-12-20)32-16-15-31(18-21(32)2)28(34)19-33-25-9-5-6-10-26(25)36-27(29(33)35)17-22-7-3-4-8-24(22)30/h3-14,17,21H,15-16,18-19H2,1-2H3/b27-17+. The van der Waals surface area contributed by atoms with E-state index in [1.807, 2.05) is 0 Å². The van der Waals surface area contributed by atoms with Gasteiger partial charge in [-0.2, -0.15) is 0 Å². The van der Waals surface area contributed by atoms with E-state index in [9.17, 15) is 14.0 Å². The summed E-state index contributed by atoms with van der Waals surface area (Å²) in [5, 5.41) is 0. The zero-order valence-corrected chi connectivity index (χ0v) is 20.4. The van der Waals surface area contributed by atoms with E-state index in [-0.39, 0.29) is 29.8 Å². The lowest BCUT2D eigenvalue weighted by atomic mass is 10.1. The van der Waals surface area contributed by atoms with Gasteiger partial charge in [-0.25, -0.2) is 4.39 Å². The number of carbonyl (C=O) groups is 2. The van der Waals surface area contributed by atoms with Gasteiger partial charge in [0.15, 0.2) is 11.5 Å². The van der Waals surface area contributed by atoms with Crippen molar-refractivity contribution in [2.75, 3.05) is 36.0 Å². The highest BCUT2D eigenvalue weighted by atomic mass is 19.1. The molecule has 2 aliphatic heterocycles. The lowest BCUT2D eigenvalue weighted by Crippen LogP contribution is -2.56. The average Bonchev–Trinajstić information content (AvgIpc) is 2.88. The van der Waals surface area contributed by atoms with Gasteiger partial charge in [0.2, 0.25) is 5.91 Å². The fraction of sp³-hybridized carbons (Fsp3) is 0.241. The fourth-order valence-corrected chi connectivity index (χ4v) is 4.69. The Hall–Kier alpha value is -4.13. The number of hydrogen-bond acceptors (Lipinski definition) is 4. The Labute approximate surface area is 210 Å². The number of ether oxygens (including phenoxy) is 1. The van der Waals surface area contributed by atoms with Crippen LogP contribution in [0.15, 0.2) is 78.6 Å². The first-order valence-electron chi connectivity index (χ1n) is 12.1. The number of aryl methyl sites for hydroxylation is 1. The SMILES string of the molecule is Cc1ccc(N2CCN(C(=O)CN3C(=O)/C(=C\c4ccccc4F)Oc4ccccc43)CC2C)cc1. The van der Waals surface area contributed by atoms with Gasteiger partial charge in [0.05, 0.1) is 5.69 Å². The van der Waals surface area contributed by atoms with Crippen molar-refractivity contribution in [2.24, 2.45) is 0 Å². The Bertz CT molecular complexity index is 1320. The smallest absolute Gasteiger partial charge is 0.294 e. The number of para-hydroxylation sites is 2. The molecule has 0 N–H and O–H groups in total. The first-order chi connectivity index (χ1) is 17.4. The number of anilines is 2. The summed E-state index contributed by atoms with van der Waals surface area (Å²) in [6.07, 6.45) is 1.38. The molecule has 1 atom stereocenters. The molecule has 2 heterocycles. The van der Waals surface area contributed by atoms with Crippen molar-refractivity contribution in [3.8, 4) is 5.75 Å². The molecular formula is C29H28FN3O3. The van der Waals surface area contributed by atoms with Gasteiger partial charge in [-0.15, -0.1) is 0 Å². The summed E-state index contributed by atoms with van der Waals surface area (Å²) in [7, 11) is 0. The maximum Gasteiger partial charge on any atom is 0.294 e. The summed E-state index contributed by atoms with van der Waals surface area (Å²) < 4.78 is 20.1. The van der Waals surface area contributed by atoms with E-state index in [1.165, 1.54) is 22.6 Å². The van der Waals surface area contributed by atoms with Crippen LogP contribution < -0.4 is 14.5 Å². The number of fused-ring (bicyclic) bond motifs is 1. The summed E-state index contributed by atoms with van der Waals surface area (Å²) in [4.78, 5) is 32.3. The molecule has 6 nitrogen and oxygen atoms in total. The maximum absolute atomic E-state index is 14.2. The predicted molar refractivity (Wildman–Crippen MR) is 138 cm³/mol. The molecule has 0 saturated carbocycles. The Morgan fingerprint density at radius 1 is 1.03 bits per heavy atom. The van der Waals surface area contributed by atoms with Crippen LogP contribution in [0.4, 0.5) is 15.8 Å². The van der Waals surface area contributed by atoms with Crippen LogP contribution in [0.3, 0.4) is 0 Å². The molecule has 1 unspecified atom stereocenters. The molecule has 3 aromatic carbocycles. The molecule has 0 aliphatic carbocycles. The second-order valence-corrected chi connectivity index (χ2v) is 9.21. The van der Waals surface area contributed by atoms with Crippen LogP contribution in [-0.2, 0) is 9.59 Å².